The van der Waals surface area contributed by atoms with Crippen LogP contribution in [-0.4, -0.2) is 27.1 Å². The van der Waals surface area contributed by atoms with Crippen LogP contribution < -0.4 is 11.1 Å². The lowest BCUT2D eigenvalue weighted by Crippen LogP contribution is -2.14. The van der Waals surface area contributed by atoms with Gasteiger partial charge in [0.05, 0.1) is 17.3 Å². The first-order chi connectivity index (χ1) is 14.7. The minimum absolute atomic E-state index is 0.0863. The van der Waals surface area contributed by atoms with E-state index in [2.05, 4.69) is 32.1 Å². The van der Waals surface area contributed by atoms with Gasteiger partial charge in [-0.05, 0) is 42.3 Å². The third-order valence-electron chi connectivity index (χ3n) is 3.83. The molecular formula is C21H15F3N6O. The molecule has 156 valence electrons. The van der Waals surface area contributed by atoms with Crippen LogP contribution in [0.5, 0.6) is 0 Å². The van der Waals surface area contributed by atoms with Crippen LogP contribution in [-0.2, 0) is 6.18 Å². The zero-order valence-corrected chi connectivity index (χ0v) is 15.8. The number of pyridine rings is 1. The van der Waals surface area contributed by atoms with Gasteiger partial charge >= 0.3 is 6.18 Å². The van der Waals surface area contributed by atoms with Crippen LogP contribution in [0.15, 0.2) is 48.9 Å². The van der Waals surface area contributed by atoms with Gasteiger partial charge in [0.2, 0.25) is 0 Å². The largest absolute Gasteiger partial charge is 0.416 e. The van der Waals surface area contributed by atoms with E-state index >= 15 is 0 Å². The van der Waals surface area contributed by atoms with Crippen molar-refractivity contribution in [2.75, 3.05) is 11.1 Å². The number of amides is 1. The molecular weight excluding hydrogens is 409 g/mol. The van der Waals surface area contributed by atoms with Crippen LogP contribution in [0.1, 0.15) is 33.0 Å². The summed E-state index contributed by atoms with van der Waals surface area (Å²) < 4.78 is 38.8. The van der Waals surface area contributed by atoms with Gasteiger partial charge in [-0.15, -0.1) is 0 Å². The molecule has 0 aliphatic carbocycles. The van der Waals surface area contributed by atoms with Gasteiger partial charge in [-0.3, -0.25) is 9.78 Å². The standard InChI is InChI=1S/C21H15F3N6O/c22-21(23,24)15-7-16(26)9-18(8-15)30-20(31)14-6-13(10-27-11-14)3-4-17-12-28-19(29-17)2-1-5-25/h1-2,5-12,25H,26H2,(H,28,29)(H,30,31)/b2-1-,25-5?. The molecule has 0 bridgehead atoms. The number of nitrogen functional groups attached to an aromatic ring is 1. The molecule has 2 heterocycles. The van der Waals surface area contributed by atoms with Gasteiger partial charge in [-0.25, -0.2) is 4.98 Å². The molecule has 0 fully saturated rings. The van der Waals surface area contributed by atoms with Gasteiger partial charge < -0.3 is 21.4 Å². The van der Waals surface area contributed by atoms with Crippen LogP contribution in [0.4, 0.5) is 24.5 Å². The second kappa shape index (κ2) is 8.96. The van der Waals surface area contributed by atoms with Gasteiger partial charge in [0.15, 0.2) is 0 Å². The Morgan fingerprint density at radius 2 is 1.97 bits per heavy atom. The summed E-state index contributed by atoms with van der Waals surface area (Å²) in [4.78, 5) is 23.4. The average Bonchev–Trinajstić information content (AvgIpc) is 3.17. The Morgan fingerprint density at radius 3 is 2.71 bits per heavy atom. The zero-order chi connectivity index (χ0) is 22.4. The Bertz CT molecular complexity index is 1220. The number of carbonyl (C=O) groups excluding carboxylic acids is 1. The summed E-state index contributed by atoms with van der Waals surface area (Å²) in [6.07, 6.45) is 3.85. The highest BCUT2D eigenvalue weighted by Gasteiger charge is 2.31. The third-order valence-corrected chi connectivity index (χ3v) is 3.83. The predicted octanol–water partition coefficient (Wildman–Crippen LogP) is 3.72. The van der Waals surface area contributed by atoms with Gasteiger partial charge in [0, 0.05) is 35.5 Å². The second-order valence-electron chi connectivity index (χ2n) is 6.22. The van der Waals surface area contributed by atoms with Gasteiger partial charge in [-0.1, -0.05) is 5.92 Å². The number of nitrogens with one attached hydrogen (secondary N) is 3. The SMILES string of the molecule is N=C/C=C\c1ncc(C#Cc2cncc(C(=O)Nc3cc(N)cc(C(F)(F)F)c3)c2)[nH]1. The predicted molar refractivity (Wildman–Crippen MR) is 110 cm³/mol. The number of aromatic nitrogens is 3. The summed E-state index contributed by atoms with van der Waals surface area (Å²) >= 11 is 0. The molecule has 10 heteroatoms. The Balaban J connectivity index is 1.77. The molecule has 5 N–H and O–H groups in total. The summed E-state index contributed by atoms with van der Waals surface area (Å²) in [6, 6.07) is 4.27. The van der Waals surface area contributed by atoms with Crippen molar-refractivity contribution < 1.29 is 18.0 Å². The lowest BCUT2D eigenvalue weighted by atomic mass is 10.1. The summed E-state index contributed by atoms with van der Waals surface area (Å²) in [5.74, 6) is 5.53. The molecule has 0 saturated carbocycles. The van der Waals surface area contributed by atoms with Crippen molar-refractivity contribution in [1.29, 1.82) is 5.41 Å². The Labute approximate surface area is 174 Å². The fraction of sp³-hybridized carbons (Fsp3) is 0.0476. The van der Waals surface area contributed by atoms with E-state index in [1.54, 1.807) is 6.08 Å². The first-order valence-electron chi connectivity index (χ1n) is 8.73. The summed E-state index contributed by atoms with van der Waals surface area (Å²) in [5, 5.41) is 9.33. The number of anilines is 2. The van der Waals surface area contributed by atoms with Crippen molar-refractivity contribution in [3.8, 4) is 11.8 Å². The van der Waals surface area contributed by atoms with Crippen molar-refractivity contribution in [3.05, 3.63) is 77.1 Å². The molecule has 0 spiro atoms. The molecule has 0 atom stereocenters. The number of H-pyrrole nitrogens is 1. The number of alkyl halides is 3. The number of aromatic amines is 1. The first kappa shape index (κ1) is 21.3. The lowest BCUT2D eigenvalue weighted by molar-refractivity contribution is -0.137. The van der Waals surface area contributed by atoms with E-state index in [0.29, 0.717) is 17.1 Å². The van der Waals surface area contributed by atoms with Crippen LogP contribution in [0, 0.1) is 17.3 Å². The quantitative estimate of drug-likeness (QED) is 0.290. The molecule has 3 rings (SSSR count). The van der Waals surface area contributed by atoms with E-state index < -0.39 is 17.6 Å². The Kier molecular flexibility index (Phi) is 6.16. The topological polar surface area (TPSA) is 121 Å². The fourth-order valence-electron chi connectivity index (χ4n) is 2.49. The van der Waals surface area contributed by atoms with Crippen molar-refractivity contribution in [2.45, 2.75) is 6.18 Å². The maximum atomic E-state index is 12.9. The molecule has 0 aliphatic rings. The monoisotopic (exact) mass is 424 g/mol. The maximum Gasteiger partial charge on any atom is 0.416 e. The lowest BCUT2D eigenvalue weighted by Gasteiger charge is -2.11. The maximum absolute atomic E-state index is 12.9. The zero-order valence-electron chi connectivity index (χ0n) is 15.8. The number of nitrogens with zero attached hydrogens (tertiary/aromatic N) is 2. The molecule has 1 aromatic carbocycles. The summed E-state index contributed by atoms with van der Waals surface area (Å²) in [6.45, 7) is 0. The smallest absolute Gasteiger partial charge is 0.399 e. The normalized spacial score (nSPS) is 11.1. The van der Waals surface area contributed by atoms with Crippen LogP contribution >= 0.6 is 0 Å². The second-order valence-corrected chi connectivity index (χ2v) is 6.22. The van der Waals surface area contributed by atoms with Crippen molar-refractivity contribution in [2.24, 2.45) is 0 Å². The summed E-state index contributed by atoms with van der Waals surface area (Å²) in [7, 11) is 0. The van der Waals surface area contributed by atoms with Gasteiger partial charge in [-0.2, -0.15) is 13.2 Å². The number of nitrogens with two attached hydrogens (primary N) is 1. The van der Waals surface area contributed by atoms with E-state index in [4.69, 9.17) is 11.1 Å². The highest BCUT2D eigenvalue weighted by molar-refractivity contribution is 6.04. The van der Waals surface area contributed by atoms with Gasteiger partial charge in [0.25, 0.3) is 5.91 Å². The minimum atomic E-state index is -4.59. The van der Waals surface area contributed by atoms with Crippen LogP contribution in [0.2, 0.25) is 0 Å². The fourth-order valence-corrected chi connectivity index (χ4v) is 2.49. The molecule has 0 radical (unpaired) electrons. The molecule has 31 heavy (non-hydrogen) atoms. The number of rotatable bonds is 4. The molecule has 2 aromatic heterocycles. The molecule has 7 nitrogen and oxygen atoms in total. The average molecular weight is 424 g/mol. The number of hydrogen-bond acceptors (Lipinski definition) is 5. The highest BCUT2D eigenvalue weighted by Crippen LogP contribution is 2.32. The number of imidazole rings is 1. The van der Waals surface area contributed by atoms with Crippen molar-refractivity contribution >= 4 is 29.6 Å². The van der Waals surface area contributed by atoms with E-state index in [-0.39, 0.29) is 16.9 Å². The number of carbonyl (C=O) groups is 1. The number of halogens is 3. The van der Waals surface area contributed by atoms with Crippen molar-refractivity contribution in [3.63, 3.8) is 0 Å². The molecule has 1 amide bonds. The highest BCUT2D eigenvalue weighted by atomic mass is 19.4. The van der Waals surface area contributed by atoms with Gasteiger partial charge in [0.1, 0.15) is 11.5 Å². The molecule has 0 saturated heterocycles. The van der Waals surface area contributed by atoms with E-state index in [9.17, 15) is 18.0 Å². The first-order valence-corrected chi connectivity index (χ1v) is 8.73. The Hall–Kier alpha value is -4.39. The van der Waals surface area contributed by atoms with Crippen molar-refractivity contribution in [1.82, 2.24) is 15.0 Å². The third kappa shape index (κ3) is 5.80. The minimum Gasteiger partial charge on any atom is -0.399 e. The van der Waals surface area contributed by atoms with Crippen LogP contribution in [0.3, 0.4) is 0 Å². The van der Waals surface area contributed by atoms with E-state index in [1.807, 2.05) is 0 Å². The number of benzene rings is 1. The Morgan fingerprint density at radius 1 is 1.16 bits per heavy atom. The molecule has 0 unspecified atom stereocenters. The number of hydrogen-bond donors (Lipinski definition) is 4. The van der Waals surface area contributed by atoms with E-state index in [0.717, 1.165) is 18.3 Å². The number of allylic oxidation sites excluding steroid dienone is 1. The van der Waals surface area contributed by atoms with E-state index in [1.165, 1.54) is 36.8 Å². The molecule has 3 aromatic rings. The summed E-state index contributed by atoms with van der Waals surface area (Å²) in [5.41, 5.74) is 5.38. The molecule has 0 aliphatic heterocycles. The van der Waals surface area contributed by atoms with Crippen LogP contribution in [0.25, 0.3) is 6.08 Å².